The monoisotopic (exact) mass is 446 g/mol. The number of benzene rings is 2. The van der Waals surface area contributed by atoms with Crippen molar-refractivity contribution < 1.29 is 27.8 Å². The Hall–Kier alpha value is -3.16. The summed E-state index contributed by atoms with van der Waals surface area (Å²) in [5, 5.41) is 2.94. The topological polar surface area (TPSA) is 67.9 Å². The Kier molecular flexibility index (Phi) is 8.03. The summed E-state index contributed by atoms with van der Waals surface area (Å²) in [4.78, 5) is 25.6. The molecule has 1 N–H and O–H groups in total. The first-order chi connectivity index (χ1) is 15.4. The number of Topliss-reactive ketones (excluding diaryl/α,β-unsaturated/α-hetero) is 1. The van der Waals surface area contributed by atoms with Gasteiger partial charge in [0.05, 0.1) is 13.7 Å². The second kappa shape index (κ2) is 10.9. The number of carbonyl (C=O) groups excluding carboxylic acids is 2. The van der Waals surface area contributed by atoms with E-state index in [4.69, 9.17) is 9.47 Å². The fourth-order valence-corrected chi connectivity index (χ4v) is 3.68. The van der Waals surface area contributed by atoms with E-state index in [9.17, 15) is 18.4 Å². The number of hydrogen-bond donors (Lipinski definition) is 1. The molecule has 1 saturated heterocycles. The Morgan fingerprint density at radius 3 is 2.66 bits per heavy atom. The van der Waals surface area contributed by atoms with Crippen molar-refractivity contribution in [1.29, 1.82) is 0 Å². The van der Waals surface area contributed by atoms with Crippen LogP contribution in [-0.4, -0.2) is 45.0 Å². The molecule has 2 aromatic rings. The van der Waals surface area contributed by atoms with Crippen molar-refractivity contribution in [3.8, 4) is 11.5 Å². The van der Waals surface area contributed by atoms with E-state index in [0.717, 1.165) is 19.0 Å². The number of ether oxygens (including phenoxy) is 2. The minimum absolute atomic E-state index is 0.0540. The number of amides is 1. The third-order valence-corrected chi connectivity index (χ3v) is 5.52. The largest absolute Gasteiger partial charge is 0.493 e. The minimum atomic E-state index is -0.854. The van der Waals surface area contributed by atoms with Crippen LogP contribution in [0.15, 0.2) is 36.4 Å². The zero-order valence-electron chi connectivity index (χ0n) is 18.3. The quantitative estimate of drug-likeness (QED) is 0.442. The van der Waals surface area contributed by atoms with Gasteiger partial charge >= 0.3 is 0 Å². The molecule has 0 bridgehead atoms. The highest BCUT2D eigenvalue weighted by Gasteiger charge is 2.23. The van der Waals surface area contributed by atoms with Gasteiger partial charge in [0.15, 0.2) is 28.9 Å². The van der Waals surface area contributed by atoms with Gasteiger partial charge in [-0.05, 0) is 56.0 Å². The number of rotatable bonds is 10. The molecule has 172 valence electrons. The van der Waals surface area contributed by atoms with Crippen molar-refractivity contribution in [3.05, 3.63) is 53.6 Å². The first-order valence-corrected chi connectivity index (χ1v) is 10.7. The second-order valence-corrected chi connectivity index (χ2v) is 7.88. The lowest BCUT2D eigenvalue weighted by Gasteiger charge is -2.19. The summed E-state index contributed by atoms with van der Waals surface area (Å²) in [5.41, 5.74) is 1.20. The molecule has 0 saturated carbocycles. The number of anilines is 1. The summed E-state index contributed by atoms with van der Waals surface area (Å²) in [5.74, 6) is -0.552. The van der Waals surface area contributed by atoms with E-state index in [-0.39, 0.29) is 17.6 Å². The van der Waals surface area contributed by atoms with Crippen LogP contribution >= 0.6 is 0 Å². The van der Waals surface area contributed by atoms with Crippen LogP contribution in [0, 0.1) is 17.6 Å². The van der Waals surface area contributed by atoms with Crippen LogP contribution in [-0.2, 0) is 4.79 Å². The third kappa shape index (κ3) is 6.18. The van der Waals surface area contributed by atoms with Crippen molar-refractivity contribution >= 4 is 17.4 Å². The van der Waals surface area contributed by atoms with E-state index in [0.29, 0.717) is 55.3 Å². The lowest BCUT2D eigenvalue weighted by atomic mass is 10.1. The molecule has 1 amide bonds. The molecule has 0 radical (unpaired) electrons. The Morgan fingerprint density at radius 1 is 1.12 bits per heavy atom. The van der Waals surface area contributed by atoms with Gasteiger partial charge in [-0.1, -0.05) is 0 Å². The summed E-state index contributed by atoms with van der Waals surface area (Å²) in [6.07, 6.45) is 1.74. The molecular formula is C24H28F2N2O4. The van der Waals surface area contributed by atoms with Gasteiger partial charge in [0.1, 0.15) is 0 Å². The van der Waals surface area contributed by atoms with Crippen molar-refractivity contribution in [3.63, 3.8) is 0 Å². The minimum Gasteiger partial charge on any atom is -0.493 e. The third-order valence-electron chi connectivity index (χ3n) is 5.52. The van der Waals surface area contributed by atoms with E-state index < -0.39 is 11.6 Å². The van der Waals surface area contributed by atoms with E-state index in [1.807, 2.05) is 4.90 Å². The maximum atomic E-state index is 13.4. The van der Waals surface area contributed by atoms with Gasteiger partial charge in [-0.2, -0.15) is 0 Å². The lowest BCUT2D eigenvalue weighted by molar-refractivity contribution is -0.121. The first-order valence-electron chi connectivity index (χ1n) is 10.7. The number of nitrogens with one attached hydrogen (secondary N) is 1. The van der Waals surface area contributed by atoms with Crippen molar-refractivity contribution in [1.82, 2.24) is 5.32 Å². The Bertz CT molecular complexity index is 967. The van der Waals surface area contributed by atoms with Crippen molar-refractivity contribution in [2.24, 2.45) is 5.92 Å². The summed E-state index contributed by atoms with van der Waals surface area (Å²) < 4.78 is 37.5. The highest BCUT2D eigenvalue weighted by Crippen LogP contribution is 2.28. The van der Waals surface area contributed by atoms with Crippen LogP contribution in [0.5, 0.6) is 11.5 Å². The van der Waals surface area contributed by atoms with E-state index >= 15 is 0 Å². The highest BCUT2D eigenvalue weighted by atomic mass is 19.2. The summed E-state index contributed by atoms with van der Waals surface area (Å²) >= 11 is 0. The molecule has 0 aromatic heterocycles. The molecule has 1 atom stereocenters. The summed E-state index contributed by atoms with van der Waals surface area (Å²) in [6, 6.07) is 8.91. The van der Waals surface area contributed by atoms with Crippen molar-refractivity contribution in [2.75, 3.05) is 38.3 Å². The van der Waals surface area contributed by atoms with Gasteiger partial charge in [-0.3, -0.25) is 9.59 Å². The molecule has 32 heavy (non-hydrogen) atoms. The molecule has 1 heterocycles. The molecule has 2 aromatic carbocycles. The number of hydrogen-bond acceptors (Lipinski definition) is 5. The van der Waals surface area contributed by atoms with Gasteiger partial charge in [0, 0.05) is 43.4 Å². The summed E-state index contributed by atoms with van der Waals surface area (Å²) in [6.45, 7) is 3.80. The average Bonchev–Trinajstić information content (AvgIpc) is 3.26. The zero-order chi connectivity index (χ0) is 23.1. The predicted octanol–water partition coefficient (Wildman–Crippen LogP) is 3.98. The maximum absolute atomic E-state index is 13.4. The van der Waals surface area contributed by atoms with Crippen LogP contribution < -0.4 is 19.7 Å². The predicted molar refractivity (Wildman–Crippen MR) is 117 cm³/mol. The fraction of sp³-hybridized carbons (Fsp3) is 0.417. The molecule has 0 spiro atoms. The van der Waals surface area contributed by atoms with Crippen LogP contribution in [0.4, 0.5) is 14.5 Å². The number of methoxy groups -OCH3 is 1. The van der Waals surface area contributed by atoms with E-state index in [2.05, 4.69) is 5.32 Å². The van der Waals surface area contributed by atoms with Gasteiger partial charge in [-0.25, -0.2) is 8.78 Å². The summed E-state index contributed by atoms with van der Waals surface area (Å²) in [7, 11) is 1.51. The van der Waals surface area contributed by atoms with Crippen LogP contribution in [0.1, 0.15) is 36.5 Å². The van der Waals surface area contributed by atoms with Gasteiger partial charge < -0.3 is 19.7 Å². The second-order valence-electron chi connectivity index (χ2n) is 7.88. The molecular weight excluding hydrogens is 418 g/mol. The Morgan fingerprint density at radius 2 is 1.94 bits per heavy atom. The number of ketones is 1. The van der Waals surface area contributed by atoms with Gasteiger partial charge in [0.2, 0.25) is 5.91 Å². The molecule has 1 fully saturated rings. The Balaban J connectivity index is 1.36. The molecule has 0 aliphatic carbocycles. The van der Waals surface area contributed by atoms with Crippen molar-refractivity contribution in [2.45, 2.75) is 26.2 Å². The fourth-order valence-electron chi connectivity index (χ4n) is 3.68. The van der Waals surface area contributed by atoms with Gasteiger partial charge in [0.25, 0.3) is 0 Å². The Labute approximate surface area is 186 Å². The van der Waals surface area contributed by atoms with E-state index in [1.165, 1.54) is 20.1 Å². The maximum Gasteiger partial charge on any atom is 0.220 e. The SMILES string of the molecule is COc1cc(C(C)=O)ccc1OCCCC(=O)NCC1CCN(c2ccc(F)c(F)c2)C1. The van der Waals surface area contributed by atoms with Gasteiger partial charge in [-0.15, -0.1) is 0 Å². The first kappa shape index (κ1) is 23.5. The molecule has 3 rings (SSSR count). The van der Waals surface area contributed by atoms with E-state index in [1.54, 1.807) is 24.3 Å². The van der Waals surface area contributed by atoms with Crippen LogP contribution in [0.25, 0.3) is 0 Å². The smallest absolute Gasteiger partial charge is 0.220 e. The molecule has 8 heteroatoms. The average molecular weight is 446 g/mol. The number of carbonyl (C=O) groups is 2. The number of halogens is 2. The zero-order valence-corrected chi connectivity index (χ0v) is 18.3. The lowest BCUT2D eigenvalue weighted by Crippen LogP contribution is -2.31. The normalized spacial score (nSPS) is 15.5. The molecule has 6 nitrogen and oxygen atoms in total. The van der Waals surface area contributed by atoms with Crippen LogP contribution in [0.2, 0.25) is 0 Å². The van der Waals surface area contributed by atoms with Crippen LogP contribution in [0.3, 0.4) is 0 Å². The molecule has 1 unspecified atom stereocenters. The number of nitrogens with zero attached hydrogens (tertiary/aromatic N) is 1. The molecule has 1 aliphatic heterocycles. The standard InChI is InChI=1S/C24H28F2N2O4/c1-16(29)18-5-8-22(23(12-18)31-2)32-11-3-4-24(30)27-14-17-9-10-28(15-17)19-6-7-20(25)21(26)13-19/h5-8,12-13,17H,3-4,9-11,14-15H2,1-2H3,(H,27,30). The molecule has 1 aliphatic rings. The highest BCUT2D eigenvalue weighted by molar-refractivity contribution is 5.94.